The highest BCUT2D eigenvalue weighted by atomic mass is 15.1. The van der Waals surface area contributed by atoms with Gasteiger partial charge in [-0.3, -0.25) is 0 Å². The van der Waals surface area contributed by atoms with E-state index in [9.17, 15) is 0 Å². The van der Waals surface area contributed by atoms with Crippen molar-refractivity contribution >= 4 is 11.2 Å². The predicted octanol–water partition coefficient (Wildman–Crippen LogP) is 1.22. The van der Waals surface area contributed by atoms with Crippen LogP contribution in [0, 0.1) is 6.92 Å². The maximum atomic E-state index is 4.40. The van der Waals surface area contributed by atoms with Gasteiger partial charge in [-0.2, -0.15) is 0 Å². The van der Waals surface area contributed by atoms with Gasteiger partial charge in [-0.1, -0.05) is 0 Å². The second-order valence-corrected chi connectivity index (χ2v) is 2.85. The topological polar surface area (TPSA) is 22.8 Å². The summed E-state index contributed by atoms with van der Waals surface area (Å²) in [6, 6.07) is 2.08. The van der Waals surface area contributed by atoms with E-state index in [1.54, 1.807) is 0 Å². The minimum absolute atomic E-state index is 1.06. The number of rotatable bonds is 0. The SMILES string of the molecule is Cc1nc2c(ccn2C)n1C. The third kappa shape index (κ3) is 0.707. The molecule has 0 aliphatic rings. The third-order valence-corrected chi connectivity index (χ3v) is 2.13. The van der Waals surface area contributed by atoms with Crippen molar-refractivity contribution in [2.75, 3.05) is 0 Å². The first kappa shape index (κ1) is 6.46. The van der Waals surface area contributed by atoms with Gasteiger partial charge in [0.1, 0.15) is 5.82 Å². The van der Waals surface area contributed by atoms with Gasteiger partial charge in [0.05, 0.1) is 5.52 Å². The summed E-state index contributed by atoms with van der Waals surface area (Å²) in [7, 11) is 4.04. The van der Waals surface area contributed by atoms with Crippen molar-refractivity contribution in [2.24, 2.45) is 14.1 Å². The number of aryl methyl sites for hydroxylation is 3. The number of nitrogens with zero attached hydrogens (tertiary/aromatic N) is 3. The van der Waals surface area contributed by atoms with Crippen LogP contribution in [0.4, 0.5) is 0 Å². The molecule has 0 atom stereocenters. The average Bonchev–Trinajstić information content (AvgIpc) is 2.43. The Balaban J connectivity index is 2.93. The Morgan fingerprint density at radius 3 is 2.73 bits per heavy atom. The highest BCUT2D eigenvalue weighted by Crippen LogP contribution is 2.13. The molecular weight excluding hydrogens is 138 g/mol. The van der Waals surface area contributed by atoms with Crippen LogP contribution in [0.15, 0.2) is 12.3 Å². The molecule has 0 unspecified atom stereocenters. The molecule has 58 valence electrons. The molecular formula is C8H11N3. The van der Waals surface area contributed by atoms with Gasteiger partial charge in [0.2, 0.25) is 0 Å². The normalized spacial score (nSPS) is 11.2. The fraction of sp³-hybridized carbons (Fsp3) is 0.375. The molecule has 0 bridgehead atoms. The van der Waals surface area contributed by atoms with Gasteiger partial charge in [0.25, 0.3) is 0 Å². The number of imidazole rings is 1. The Labute approximate surface area is 65.3 Å². The van der Waals surface area contributed by atoms with Crippen LogP contribution in [-0.2, 0) is 14.1 Å². The van der Waals surface area contributed by atoms with E-state index in [4.69, 9.17) is 0 Å². The van der Waals surface area contributed by atoms with Gasteiger partial charge >= 0.3 is 0 Å². The quantitative estimate of drug-likeness (QED) is 0.552. The lowest BCUT2D eigenvalue weighted by molar-refractivity contribution is 0.878. The maximum absolute atomic E-state index is 4.40. The molecule has 0 N–H and O–H groups in total. The summed E-state index contributed by atoms with van der Waals surface area (Å²) < 4.78 is 4.12. The first-order valence-corrected chi connectivity index (χ1v) is 3.64. The standard InChI is InChI=1S/C8H11N3/c1-6-9-8-7(11(6)3)4-5-10(8)2/h4-5H,1-3H3. The molecule has 0 spiro atoms. The van der Waals surface area contributed by atoms with Gasteiger partial charge in [0.15, 0.2) is 5.65 Å². The Morgan fingerprint density at radius 1 is 1.36 bits per heavy atom. The molecule has 3 heteroatoms. The van der Waals surface area contributed by atoms with Crippen LogP contribution in [-0.4, -0.2) is 14.1 Å². The zero-order chi connectivity index (χ0) is 8.01. The highest BCUT2D eigenvalue weighted by Gasteiger charge is 2.05. The molecule has 0 aliphatic carbocycles. The molecule has 11 heavy (non-hydrogen) atoms. The number of fused-ring (bicyclic) bond motifs is 1. The molecule has 0 saturated carbocycles. The van der Waals surface area contributed by atoms with Crippen LogP contribution < -0.4 is 0 Å². The van der Waals surface area contributed by atoms with Gasteiger partial charge in [-0.25, -0.2) is 4.98 Å². The summed E-state index contributed by atoms with van der Waals surface area (Å²) >= 11 is 0. The molecule has 2 rings (SSSR count). The van der Waals surface area contributed by atoms with Crippen molar-refractivity contribution in [3.8, 4) is 0 Å². The molecule has 2 aromatic heterocycles. The third-order valence-electron chi connectivity index (χ3n) is 2.13. The van der Waals surface area contributed by atoms with Gasteiger partial charge in [-0.05, 0) is 13.0 Å². The zero-order valence-electron chi connectivity index (χ0n) is 7.00. The van der Waals surface area contributed by atoms with Crippen molar-refractivity contribution in [1.82, 2.24) is 14.1 Å². The molecule has 3 nitrogen and oxygen atoms in total. The monoisotopic (exact) mass is 149 g/mol. The maximum Gasteiger partial charge on any atom is 0.158 e. The van der Waals surface area contributed by atoms with E-state index in [0.29, 0.717) is 0 Å². The van der Waals surface area contributed by atoms with Crippen molar-refractivity contribution in [2.45, 2.75) is 6.92 Å². The smallest absolute Gasteiger partial charge is 0.158 e. The van der Waals surface area contributed by atoms with Crippen molar-refractivity contribution < 1.29 is 0 Å². The minimum atomic E-state index is 1.06. The molecule has 2 aromatic rings. The van der Waals surface area contributed by atoms with E-state index in [1.165, 1.54) is 5.52 Å². The van der Waals surface area contributed by atoms with Gasteiger partial charge in [0, 0.05) is 20.3 Å². The summed E-state index contributed by atoms with van der Waals surface area (Å²) in [5.74, 6) is 1.06. The molecule has 0 radical (unpaired) electrons. The highest BCUT2D eigenvalue weighted by molar-refractivity contribution is 5.73. The van der Waals surface area contributed by atoms with Crippen LogP contribution >= 0.6 is 0 Å². The summed E-state index contributed by atoms with van der Waals surface area (Å²) in [5.41, 5.74) is 2.26. The van der Waals surface area contributed by atoms with Gasteiger partial charge < -0.3 is 9.13 Å². The van der Waals surface area contributed by atoms with E-state index in [2.05, 4.69) is 15.6 Å². The molecule has 0 aromatic carbocycles. The summed E-state index contributed by atoms with van der Waals surface area (Å²) in [4.78, 5) is 4.40. The van der Waals surface area contributed by atoms with E-state index < -0.39 is 0 Å². The average molecular weight is 149 g/mol. The lowest BCUT2D eigenvalue weighted by Gasteiger charge is -1.90. The molecule has 0 aliphatic heterocycles. The Kier molecular flexibility index (Phi) is 1.10. The first-order chi connectivity index (χ1) is 5.20. The second kappa shape index (κ2) is 1.87. The number of hydrogen-bond acceptors (Lipinski definition) is 1. The van der Waals surface area contributed by atoms with Crippen molar-refractivity contribution in [3.63, 3.8) is 0 Å². The van der Waals surface area contributed by atoms with Crippen LogP contribution in [0.3, 0.4) is 0 Å². The fourth-order valence-electron chi connectivity index (χ4n) is 1.31. The zero-order valence-corrected chi connectivity index (χ0v) is 7.00. The lowest BCUT2D eigenvalue weighted by Crippen LogP contribution is -1.89. The molecule has 0 amide bonds. The van der Waals surface area contributed by atoms with Crippen LogP contribution in [0.2, 0.25) is 0 Å². The predicted molar refractivity (Wildman–Crippen MR) is 44.4 cm³/mol. The fourth-order valence-corrected chi connectivity index (χ4v) is 1.31. The minimum Gasteiger partial charge on any atom is -0.334 e. The first-order valence-electron chi connectivity index (χ1n) is 3.64. The van der Waals surface area contributed by atoms with Crippen LogP contribution in [0.25, 0.3) is 11.2 Å². The Hall–Kier alpha value is -1.25. The molecule has 2 heterocycles. The Morgan fingerprint density at radius 2 is 2.09 bits per heavy atom. The molecule has 0 fully saturated rings. The lowest BCUT2D eigenvalue weighted by atomic mass is 10.5. The Bertz CT molecular complexity index is 395. The largest absolute Gasteiger partial charge is 0.334 e. The number of aromatic nitrogens is 3. The van der Waals surface area contributed by atoms with E-state index in [0.717, 1.165) is 11.5 Å². The summed E-state index contributed by atoms with van der Waals surface area (Å²) in [6.45, 7) is 2.01. The van der Waals surface area contributed by atoms with Crippen molar-refractivity contribution in [3.05, 3.63) is 18.1 Å². The van der Waals surface area contributed by atoms with E-state index in [-0.39, 0.29) is 0 Å². The van der Waals surface area contributed by atoms with Crippen LogP contribution in [0.1, 0.15) is 5.82 Å². The van der Waals surface area contributed by atoms with E-state index in [1.807, 2.05) is 31.8 Å². The van der Waals surface area contributed by atoms with Gasteiger partial charge in [-0.15, -0.1) is 0 Å². The number of hydrogen-bond donors (Lipinski definition) is 0. The van der Waals surface area contributed by atoms with E-state index >= 15 is 0 Å². The summed E-state index contributed by atoms with van der Waals surface area (Å²) in [5, 5.41) is 0. The molecule has 0 saturated heterocycles. The second-order valence-electron chi connectivity index (χ2n) is 2.85. The van der Waals surface area contributed by atoms with Crippen molar-refractivity contribution in [1.29, 1.82) is 0 Å². The summed E-state index contributed by atoms with van der Waals surface area (Å²) in [6.07, 6.45) is 2.02. The van der Waals surface area contributed by atoms with Crippen LogP contribution in [0.5, 0.6) is 0 Å².